The number of nitro benzene ring substituents is 1. The summed E-state index contributed by atoms with van der Waals surface area (Å²) < 4.78 is 10.6. The zero-order valence-electron chi connectivity index (χ0n) is 21.7. The summed E-state index contributed by atoms with van der Waals surface area (Å²) in [6, 6.07) is 16.4. The van der Waals surface area contributed by atoms with Crippen LogP contribution in [0.25, 0.3) is 0 Å². The molecule has 1 aliphatic heterocycles. The van der Waals surface area contributed by atoms with Gasteiger partial charge in [-0.2, -0.15) is 0 Å². The summed E-state index contributed by atoms with van der Waals surface area (Å²) >= 11 is 6.55. The average Bonchev–Trinajstić information content (AvgIpc) is 2.95. The van der Waals surface area contributed by atoms with Crippen LogP contribution in [0.4, 0.5) is 17.1 Å². The lowest BCUT2D eigenvalue weighted by Crippen LogP contribution is -2.48. The van der Waals surface area contributed by atoms with Crippen molar-refractivity contribution in [3.63, 3.8) is 0 Å². The number of nitrogens with zero attached hydrogens (tertiary/aromatic N) is 3. The molecule has 0 unspecified atom stereocenters. The normalized spacial score (nSPS) is 13.1. The van der Waals surface area contributed by atoms with Crippen molar-refractivity contribution in [2.24, 2.45) is 0 Å². The molecule has 0 spiro atoms. The van der Waals surface area contributed by atoms with Crippen LogP contribution in [0.3, 0.4) is 0 Å². The lowest BCUT2D eigenvalue weighted by Gasteiger charge is -2.36. The molecule has 11 heteroatoms. The molecule has 0 aromatic heterocycles. The van der Waals surface area contributed by atoms with Crippen molar-refractivity contribution < 1.29 is 24.0 Å². The maximum atomic E-state index is 12.9. The fourth-order valence-corrected chi connectivity index (χ4v) is 4.57. The van der Waals surface area contributed by atoms with Crippen molar-refractivity contribution >= 4 is 40.5 Å². The van der Waals surface area contributed by atoms with E-state index in [2.05, 4.69) is 10.2 Å². The van der Waals surface area contributed by atoms with Crippen LogP contribution in [0.2, 0.25) is 5.02 Å². The highest BCUT2D eigenvalue weighted by Gasteiger charge is 2.24. The number of rotatable bonds is 9. The van der Waals surface area contributed by atoms with Gasteiger partial charge in [0.2, 0.25) is 0 Å². The number of piperazine rings is 1. The number of hydrogen-bond acceptors (Lipinski definition) is 7. The SMILES string of the molecule is CCCOc1ccc(C(=O)N2CCN(c3ccc(NC(=O)c4ccc(OC)c([N+](=O)[O-])c4)cc3Cl)CC2)cc1. The van der Waals surface area contributed by atoms with E-state index in [1.54, 1.807) is 30.3 Å². The van der Waals surface area contributed by atoms with Gasteiger partial charge in [-0.25, -0.2) is 0 Å². The first-order valence-corrected chi connectivity index (χ1v) is 12.9. The van der Waals surface area contributed by atoms with Crippen molar-refractivity contribution in [1.82, 2.24) is 4.90 Å². The number of ether oxygens (including phenoxy) is 2. The van der Waals surface area contributed by atoms with Gasteiger partial charge >= 0.3 is 5.69 Å². The Kier molecular flexibility index (Phi) is 8.88. The third-order valence-corrected chi connectivity index (χ3v) is 6.63. The predicted octanol–water partition coefficient (Wildman–Crippen LogP) is 5.26. The number of amides is 2. The lowest BCUT2D eigenvalue weighted by molar-refractivity contribution is -0.385. The van der Waals surface area contributed by atoms with E-state index in [1.165, 1.54) is 25.3 Å². The monoisotopic (exact) mass is 552 g/mol. The molecule has 4 rings (SSSR count). The van der Waals surface area contributed by atoms with Crippen LogP contribution in [0.15, 0.2) is 60.7 Å². The molecule has 3 aromatic carbocycles. The molecule has 1 fully saturated rings. The Balaban J connectivity index is 1.36. The van der Waals surface area contributed by atoms with Crippen molar-refractivity contribution in [2.45, 2.75) is 13.3 Å². The Labute approximate surface area is 231 Å². The van der Waals surface area contributed by atoms with Gasteiger partial charge < -0.3 is 24.6 Å². The standard InChI is InChI=1S/C28H29ClN4O6/c1-3-16-39-22-8-4-19(5-9-22)28(35)32-14-12-31(13-15-32)24-10-7-21(18-23(24)29)30-27(34)20-6-11-26(38-2)25(17-20)33(36)37/h4-11,17-18H,3,12-16H2,1-2H3,(H,30,34). The van der Waals surface area contributed by atoms with Gasteiger partial charge in [0.05, 0.1) is 29.4 Å². The van der Waals surface area contributed by atoms with Crippen molar-refractivity contribution in [2.75, 3.05) is 50.1 Å². The molecule has 0 saturated carbocycles. The van der Waals surface area contributed by atoms with Crippen LogP contribution in [0, 0.1) is 10.1 Å². The first-order chi connectivity index (χ1) is 18.8. The number of halogens is 1. The number of methoxy groups -OCH3 is 1. The largest absolute Gasteiger partial charge is 0.494 e. The number of nitrogens with one attached hydrogen (secondary N) is 1. The molecule has 1 saturated heterocycles. The average molecular weight is 553 g/mol. The van der Waals surface area contributed by atoms with Crippen LogP contribution in [0.1, 0.15) is 34.1 Å². The predicted molar refractivity (Wildman–Crippen MR) is 149 cm³/mol. The summed E-state index contributed by atoms with van der Waals surface area (Å²) in [7, 11) is 1.33. The van der Waals surface area contributed by atoms with Crippen LogP contribution < -0.4 is 19.7 Å². The smallest absolute Gasteiger partial charge is 0.311 e. The fourth-order valence-electron chi connectivity index (χ4n) is 4.26. The number of carbonyl (C=O) groups is 2. The molecule has 39 heavy (non-hydrogen) atoms. The first-order valence-electron chi connectivity index (χ1n) is 12.5. The van der Waals surface area contributed by atoms with Crippen molar-refractivity contribution in [3.8, 4) is 11.5 Å². The van der Waals surface area contributed by atoms with E-state index in [9.17, 15) is 19.7 Å². The number of benzene rings is 3. The van der Waals surface area contributed by atoms with E-state index in [-0.39, 0.29) is 22.9 Å². The van der Waals surface area contributed by atoms with Crippen LogP contribution >= 0.6 is 11.6 Å². The molecule has 10 nitrogen and oxygen atoms in total. The van der Waals surface area contributed by atoms with Gasteiger partial charge in [-0.3, -0.25) is 19.7 Å². The molecule has 3 aromatic rings. The second-order valence-electron chi connectivity index (χ2n) is 8.92. The van der Waals surface area contributed by atoms with Crippen LogP contribution in [-0.4, -0.2) is 61.5 Å². The van der Waals surface area contributed by atoms with E-state index >= 15 is 0 Å². The van der Waals surface area contributed by atoms with Crippen LogP contribution in [0.5, 0.6) is 11.5 Å². The molecule has 0 radical (unpaired) electrons. The highest BCUT2D eigenvalue weighted by Crippen LogP contribution is 2.31. The zero-order chi connectivity index (χ0) is 27.9. The quantitative estimate of drug-likeness (QED) is 0.284. The minimum absolute atomic E-state index is 0.0281. The molecule has 1 heterocycles. The minimum atomic E-state index is -0.603. The number of carbonyl (C=O) groups excluding carboxylic acids is 2. The maximum Gasteiger partial charge on any atom is 0.311 e. The van der Waals surface area contributed by atoms with Gasteiger partial charge in [-0.05, 0) is 61.0 Å². The topological polar surface area (TPSA) is 114 Å². The Hall–Kier alpha value is -4.31. The number of hydrogen-bond donors (Lipinski definition) is 1. The Morgan fingerprint density at radius 1 is 1.00 bits per heavy atom. The van der Waals surface area contributed by atoms with Gasteiger partial charge in [0.25, 0.3) is 11.8 Å². The van der Waals surface area contributed by atoms with Gasteiger partial charge in [-0.15, -0.1) is 0 Å². The summed E-state index contributed by atoms with van der Waals surface area (Å²) in [4.78, 5) is 40.2. The third-order valence-electron chi connectivity index (χ3n) is 6.32. The van der Waals surface area contributed by atoms with Gasteiger partial charge in [0, 0.05) is 49.1 Å². The Bertz CT molecular complexity index is 1360. The van der Waals surface area contributed by atoms with Gasteiger partial charge in [-0.1, -0.05) is 18.5 Å². The molecule has 2 amide bonds. The maximum absolute atomic E-state index is 12.9. The summed E-state index contributed by atoms with van der Waals surface area (Å²) in [6.07, 6.45) is 0.919. The molecular weight excluding hydrogens is 524 g/mol. The lowest BCUT2D eigenvalue weighted by atomic mass is 10.1. The minimum Gasteiger partial charge on any atom is -0.494 e. The van der Waals surface area contributed by atoms with Crippen molar-refractivity contribution in [1.29, 1.82) is 0 Å². The van der Waals surface area contributed by atoms with Gasteiger partial charge in [0.1, 0.15) is 5.75 Å². The Morgan fingerprint density at radius 3 is 2.31 bits per heavy atom. The fraction of sp³-hybridized carbons (Fsp3) is 0.286. The molecular formula is C28H29ClN4O6. The molecule has 0 atom stereocenters. The number of anilines is 2. The Morgan fingerprint density at radius 2 is 1.69 bits per heavy atom. The van der Waals surface area contributed by atoms with Crippen LogP contribution in [-0.2, 0) is 0 Å². The van der Waals surface area contributed by atoms with E-state index in [0.717, 1.165) is 17.9 Å². The van der Waals surface area contributed by atoms with E-state index in [4.69, 9.17) is 21.1 Å². The van der Waals surface area contributed by atoms with Crippen molar-refractivity contribution in [3.05, 3.63) is 86.9 Å². The number of nitro groups is 1. The second-order valence-corrected chi connectivity index (χ2v) is 9.32. The van der Waals surface area contributed by atoms with E-state index < -0.39 is 10.8 Å². The molecule has 0 bridgehead atoms. The van der Waals surface area contributed by atoms with E-state index in [1.807, 2.05) is 24.0 Å². The second kappa shape index (κ2) is 12.5. The van der Waals surface area contributed by atoms with Gasteiger partial charge in [0.15, 0.2) is 5.75 Å². The zero-order valence-corrected chi connectivity index (χ0v) is 22.4. The summed E-state index contributed by atoms with van der Waals surface area (Å²) in [5.41, 5.74) is 1.68. The molecule has 204 valence electrons. The molecule has 1 N–H and O–H groups in total. The molecule has 1 aliphatic rings. The first kappa shape index (κ1) is 27.7. The summed E-state index contributed by atoms with van der Waals surface area (Å²) in [5, 5.41) is 14.4. The molecule has 0 aliphatic carbocycles. The summed E-state index contributed by atoms with van der Waals surface area (Å²) in [6.45, 7) is 4.96. The van der Waals surface area contributed by atoms with E-state index in [0.29, 0.717) is 49.1 Å². The third kappa shape index (κ3) is 6.58. The highest BCUT2D eigenvalue weighted by molar-refractivity contribution is 6.33. The highest BCUT2D eigenvalue weighted by atomic mass is 35.5. The summed E-state index contributed by atoms with van der Waals surface area (Å²) in [5.74, 6) is 0.278.